The van der Waals surface area contributed by atoms with Crippen LogP contribution < -0.4 is 4.74 Å². The Morgan fingerprint density at radius 2 is 2.38 bits per heavy atom. The Hall–Kier alpha value is -1.84. The zero-order valence-corrected chi connectivity index (χ0v) is 9.06. The molecule has 3 rings (SSSR count). The summed E-state index contributed by atoms with van der Waals surface area (Å²) in [6, 6.07) is 3.98. The van der Waals surface area contributed by atoms with Crippen LogP contribution in [-0.2, 0) is 6.42 Å². The van der Waals surface area contributed by atoms with Crippen LogP contribution in [0.15, 0.2) is 18.3 Å². The topological polar surface area (TPSA) is 44.1 Å². The fraction of sp³-hybridized carbons (Fsp3) is 0.333. The molecule has 0 amide bonds. The number of nitrogens with zero attached hydrogens (tertiary/aromatic N) is 2. The Balaban J connectivity index is 2.25. The SMILES string of the molecule is CC(=O)n1ncc2cc3c(cc21)CCCO3. The van der Waals surface area contributed by atoms with Crippen molar-refractivity contribution in [1.82, 2.24) is 9.78 Å². The second-order valence-corrected chi connectivity index (χ2v) is 4.05. The minimum Gasteiger partial charge on any atom is -0.493 e. The summed E-state index contributed by atoms with van der Waals surface area (Å²) in [5.41, 5.74) is 2.04. The number of hydrogen-bond acceptors (Lipinski definition) is 3. The summed E-state index contributed by atoms with van der Waals surface area (Å²) in [6.45, 7) is 2.29. The van der Waals surface area contributed by atoms with E-state index in [9.17, 15) is 4.79 Å². The first kappa shape index (κ1) is 9.39. The third kappa shape index (κ3) is 1.30. The average Bonchev–Trinajstić information content (AvgIpc) is 2.68. The normalized spacial score (nSPS) is 14.6. The van der Waals surface area contributed by atoms with Gasteiger partial charge in [-0.05, 0) is 30.5 Å². The Labute approximate surface area is 92.8 Å². The van der Waals surface area contributed by atoms with Gasteiger partial charge in [0.1, 0.15) is 5.75 Å². The molecule has 4 nitrogen and oxygen atoms in total. The average molecular weight is 216 g/mol. The van der Waals surface area contributed by atoms with E-state index >= 15 is 0 Å². The summed E-state index contributed by atoms with van der Waals surface area (Å²) in [5.74, 6) is 0.869. The molecule has 1 aliphatic heterocycles. The summed E-state index contributed by atoms with van der Waals surface area (Å²) in [7, 11) is 0. The number of ether oxygens (including phenoxy) is 1. The molecule has 0 spiro atoms. The maximum Gasteiger partial charge on any atom is 0.244 e. The minimum absolute atomic E-state index is 0.0633. The fourth-order valence-corrected chi connectivity index (χ4v) is 2.12. The monoisotopic (exact) mass is 216 g/mol. The lowest BCUT2D eigenvalue weighted by Crippen LogP contribution is -2.10. The van der Waals surface area contributed by atoms with Gasteiger partial charge in [0.15, 0.2) is 0 Å². The van der Waals surface area contributed by atoms with Crippen molar-refractivity contribution in [2.24, 2.45) is 0 Å². The van der Waals surface area contributed by atoms with Crippen LogP contribution >= 0.6 is 0 Å². The van der Waals surface area contributed by atoms with Crippen LogP contribution in [0.2, 0.25) is 0 Å². The molecule has 0 fully saturated rings. The largest absolute Gasteiger partial charge is 0.493 e. The summed E-state index contributed by atoms with van der Waals surface area (Å²) in [4.78, 5) is 11.4. The van der Waals surface area contributed by atoms with Crippen molar-refractivity contribution in [3.63, 3.8) is 0 Å². The highest BCUT2D eigenvalue weighted by Crippen LogP contribution is 2.29. The molecular formula is C12H12N2O2. The molecule has 1 aliphatic rings. The van der Waals surface area contributed by atoms with Gasteiger partial charge >= 0.3 is 0 Å². The third-order valence-electron chi connectivity index (χ3n) is 2.90. The van der Waals surface area contributed by atoms with Crippen LogP contribution in [0.1, 0.15) is 23.7 Å². The van der Waals surface area contributed by atoms with Gasteiger partial charge in [0.05, 0.1) is 18.3 Å². The van der Waals surface area contributed by atoms with Crippen molar-refractivity contribution in [3.05, 3.63) is 23.9 Å². The van der Waals surface area contributed by atoms with E-state index in [1.54, 1.807) is 6.20 Å². The number of hydrogen-bond donors (Lipinski definition) is 0. The third-order valence-corrected chi connectivity index (χ3v) is 2.90. The molecule has 0 aliphatic carbocycles. The maximum absolute atomic E-state index is 11.4. The molecule has 2 aromatic rings. The maximum atomic E-state index is 11.4. The van der Waals surface area contributed by atoms with Gasteiger partial charge in [0.2, 0.25) is 5.91 Å². The number of aromatic nitrogens is 2. The number of aryl methyl sites for hydroxylation is 1. The Bertz CT molecular complexity index is 572. The summed E-state index contributed by atoms with van der Waals surface area (Å²) in [6.07, 6.45) is 3.75. The summed E-state index contributed by atoms with van der Waals surface area (Å²) in [5, 5.41) is 5.03. The molecular weight excluding hydrogens is 204 g/mol. The van der Waals surface area contributed by atoms with Crippen molar-refractivity contribution >= 4 is 16.8 Å². The number of fused-ring (bicyclic) bond motifs is 2. The number of benzene rings is 1. The van der Waals surface area contributed by atoms with E-state index in [1.165, 1.54) is 17.2 Å². The van der Waals surface area contributed by atoms with Crippen molar-refractivity contribution in [2.45, 2.75) is 19.8 Å². The van der Waals surface area contributed by atoms with Crippen LogP contribution in [0.5, 0.6) is 5.75 Å². The van der Waals surface area contributed by atoms with Crippen LogP contribution in [0.3, 0.4) is 0 Å². The van der Waals surface area contributed by atoms with Gasteiger partial charge in [-0.15, -0.1) is 0 Å². The molecule has 0 saturated heterocycles. The predicted molar refractivity (Wildman–Crippen MR) is 59.8 cm³/mol. The first-order valence-electron chi connectivity index (χ1n) is 5.40. The highest BCUT2D eigenvalue weighted by Gasteiger charge is 2.14. The second-order valence-electron chi connectivity index (χ2n) is 4.05. The molecule has 4 heteroatoms. The lowest BCUT2D eigenvalue weighted by atomic mass is 10.0. The summed E-state index contributed by atoms with van der Waals surface area (Å²) < 4.78 is 7.01. The van der Waals surface area contributed by atoms with Gasteiger partial charge in [-0.2, -0.15) is 5.10 Å². The van der Waals surface area contributed by atoms with Crippen LogP contribution in [0.25, 0.3) is 10.9 Å². The molecule has 0 saturated carbocycles. The molecule has 2 heterocycles. The fourth-order valence-electron chi connectivity index (χ4n) is 2.12. The number of carbonyl (C=O) groups is 1. The molecule has 16 heavy (non-hydrogen) atoms. The van der Waals surface area contributed by atoms with Gasteiger partial charge < -0.3 is 4.74 Å². The smallest absolute Gasteiger partial charge is 0.244 e. The highest BCUT2D eigenvalue weighted by atomic mass is 16.5. The lowest BCUT2D eigenvalue weighted by Gasteiger charge is -2.17. The Morgan fingerprint density at radius 3 is 3.19 bits per heavy atom. The standard InChI is InChI=1S/C12H12N2O2/c1-8(15)14-11-5-9-3-2-4-16-12(9)6-10(11)7-13-14/h5-7H,2-4H2,1H3. The van der Waals surface area contributed by atoms with E-state index in [4.69, 9.17) is 4.74 Å². The first-order valence-corrected chi connectivity index (χ1v) is 5.40. The van der Waals surface area contributed by atoms with Gasteiger partial charge in [0.25, 0.3) is 0 Å². The van der Waals surface area contributed by atoms with E-state index < -0.39 is 0 Å². The number of carbonyl (C=O) groups excluding carboxylic acids is 1. The zero-order valence-electron chi connectivity index (χ0n) is 9.06. The van der Waals surface area contributed by atoms with Gasteiger partial charge in [-0.3, -0.25) is 4.79 Å². The Morgan fingerprint density at radius 1 is 1.50 bits per heavy atom. The van der Waals surface area contributed by atoms with Crippen molar-refractivity contribution in [2.75, 3.05) is 6.61 Å². The molecule has 0 radical (unpaired) electrons. The number of rotatable bonds is 0. The Kier molecular flexibility index (Phi) is 1.96. The lowest BCUT2D eigenvalue weighted by molar-refractivity contribution is 0.0926. The van der Waals surface area contributed by atoms with E-state index in [2.05, 4.69) is 5.10 Å². The van der Waals surface area contributed by atoms with Crippen molar-refractivity contribution < 1.29 is 9.53 Å². The van der Waals surface area contributed by atoms with Crippen LogP contribution in [0.4, 0.5) is 0 Å². The molecule has 1 aromatic carbocycles. The molecule has 82 valence electrons. The van der Waals surface area contributed by atoms with Gasteiger partial charge in [0, 0.05) is 12.3 Å². The molecule has 0 unspecified atom stereocenters. The molecule has 0 atom stereocenters. The molecule has 0 bridgehead atoms. The van der Waals surface area contributed by atoms with E-state index in [0.717, 1.165) is 36.1 Å². The predicted octanol–water partition coefficient (Wildman–Crippen LogP) is 2.02. The highest BCUT2D eigenvalue weighted by molar-refractivity contribution is 5.91. The first-order chi connectivity index (χ1) is 7.75. The van der Waals surface area contributed by atoms with E-state index in [1.807, 2.05) is 12.1 Å². The minimum atomic E-state index is -0.0633. The quantitative estimate of drug-likeness (QED) is 0.676. The second kappa shape index (κ2) is 3.33. The van der Waals surface area contributed by atoms with E-state index in [0.29, 0.717) is 0 Å². The van der Waals surface area contributed by atoms with Gasteiger partial charge in [-0.1, -0.05) is 0 Å². The van der Waals surface area contributed by atoms with Gasteiger partial charge in [-0.25, -0.2) is 4.68 Å². The molecule has 1 aromatic heterocycles. The van der Waals surface area contributed by atoms with Crippen LogP contribution in [-0.4, -0.2) is 22.3 Å². The van der Waals surface area contributed by atoms with E-state index in [-0.39, 0.29) is 5.91 Å². The molecule has 0 N–H and O–H groups in total. The van der Waals surface area contributed by atoms with Crippen molar-refractivity contribution in [3.8, 4) is 5.75 Å². The summed E-state index contributed by atoms with van der Waals surface area (Å²) >= 11 is 0. The van der Waals surface area contributed by atoms with Crippen LogP contribution in [0, 0.1) is 0 Å². The zero-order chi connectivity index (χ0) is 11.1. The van der Waals surface area contributed by atoms with Crippen molar-refractivity contribution in [1.29, 1.82) is 0 Å².